The topological polar surface area (TPSA) is 98.3 Å². The van der Waals surface area contributed by atoms with Crippen LogP contribution in [0.2, 0.25) is 5.02 Å². The highest BCUT2D eigenvalue weighted by Crippen LogP contribution is 2.21. The average Bonchev–Trinajstić information content (AvgIpc) is 2.57. The molecule has 0 aliphatic rings. The third kappa shape index (κ3) is 5.47. The van der Waals surface area contributed by atoms with Gasteiger partial charge >= 0.3 is 0 Å². The summed E-state index contributed by atoms with van der Waals surface area (Å²) >= 11 is 5.92. The van der Waals surface area contributed by atoms with Crippen molar-refractivity contribution < 1.29 is 19.5 Å². The van der Waals surface area contributed by atoms with Gasteiger partial charge in [0.1, 0.15) is 0 Å². The number of benzene rings is 2. The fourth-order valence-electron chi connectivity index (χ4n) is 1.96. The van der Waals surface area contributed by atoms with Crippen LogP contribution in [0.3, 0.4) is 0 Å². The van der Waals surface area contributed by atoms with E-state index in [-0.39, 0.29) is 5.91 Å². The van der Waals surface area contributed by atoms with Crippen molar-refractivity contribution in [2.45, 2.75) is 6.92 Å². The van der Waals surface area contributed by atoms with Gasteiger partial charge < -0.3 is 20.5 Å². The zero-order valence-electron chi connectivity index (χ0n) is 13.2. The molecule has 0 unspecified atom stereocenters. The van der Waals surface area contributed by atoms with Gasteiger partial charge in [-0.3, -0.25) is 9.59 Å². The number of aliphatic carboxylic acids is 1. The van der Waals surface area contributed by atoms with E-state index in [0.717, 1.165) is 11.6 Å². The molecule has 0 aromatic heterocycles. The van der Waals surface area contributed by atoms with E-state index in [1.165, 1.54) is 24.3 Å². The van der Waals surface area contributed by atoms with Crippen LogP contribution in [0.15, 0.2) is 54.6 Å². The van der Waals surface area contributed by atoms with Crippen LogP contribution in [0.4, 0.5) is 11.4 Å². The first kappa shape index (κ1) is 18.2. The smallest absolute Gasteiger partial charge is 0.255 e. The van der Waals surface area contributed by atoms with Crippen molar-refractivity contribution in [3.63, 3.8) is 0 Å². The lowest BCUT2D eigenvalue weighted by Gasteiger charge is -2.09. The van der Waals surface area contributed by atoms with Gasteiger partial charge in [-0.15, -0.1) is 0 Å². The van der Waals surface area contributed by atoms with E-state index in [1.54, 1.807) is 18.2 Å². The fourth-order valence-corrected chi connectivity index (χ4v) is 2.13. The number of hydrogen-bond acceptors (Lipinski definition) is 4. The molecule has 0 saturated heterocycles. The number of carbonyl (C=O) groups excluding carboxylic acids is 3. The highest BCUT2D eigenvalue weighted by atomic mass is 35.5. The summed E-state index contributed by atoms with van der Waals surface area (Å²) in [7, 11) is 0. The number of carboxylic acid groups (broad SMARTS) is 1. The number of aryl methyl sites for hydroxylation is 1. The zero-order valence-corrected chi connectivity index (χ0v) is 14.0. The van der Waals surface area contributed by atoms with Crippen LogP contribution in [0.1, 0.15) is 15.9 Å². The molecular weight excluding hydrogens is 344 g/mol. The number of hydrogen-bond donors (Lipinski definition) is 2. The van der Waals surface area contributed by atoms with Crippen molar-refractivity contribution in [3.8, 4) is 0 Å². The molecule has 0 heterocycles. The van der Waals surface area contributed by atoms with Crippen LogP contribution in [0.25, 0.3) is 0 Å². The van der Waals surface area contributed by atoms with Gasteiger partial charge in [0.25, 0.3) is 5.91 Å². The summed E-state index contributed by atoms with van der Waals surface area (Å²) in [4.78, 5) is 34.0. The largest absolute Gasteiger partial charge is 0.545 e. The van der Waals surface area contributed by atoms with Crippen LogP contribution in [-0.4, -0.2) is 17.8 Å². The molecule has 0 aliphatic carbocycles. The lowest BCUT2D eigenvalue weighted by Crippen LogP contribution is -2.20. The van der Waals surface area contributed by atoms with Crippen LogP contribution in [-0.2, 0) is 9.59 Å². The number of amides is 2. The molecule has 2 N–H and O–H groups in total. The highest BCUT2D eigenvalue weighted by molar-refractivity contribution is 6.31. The van der Waals surface area contributed by atoms with Crippen molar-refractivity contribution in [1.29, 1.82) is 0 Å². The Kier molecular flexibility index (Phi) is 5.92. The minimum absolute atomic E-state index is 0.319. The average molecular weight is 358 g/mol. The van der Waals surface area contributed by atoms with E-state index in [4.69, 9.17) is 11.6 Å². The van der Waals surface area contributed by atoms with Gasteiger partial charge in [0, 0.05) is 28.0 Å². The molecular formula is C18H14ClN2O4-. The fraction of sp³-hybridized carbons (Fsp3) is 0.0556. The first-order valence-electron chi connectivity index (χ1n) is 7.23. The Labute approximate surface area is 149 Å². The van der Waals surface area contributed by atoms with Crippen molar-refractivity contribution >= 4 is 40.8 Å². The maximum atomic E-state index is 12.3. The van der Waals surface area contributed by atoms with Gasteiger partial charge in [0.2, 0.25) is 5.91 Å². The Balaban J connectivity index is 2.04. The van der Waals surface area contributed by atoms with E-state index >= 15 is 0 Å². The second kappa shape index (κ2) is 8.12. The molecule has 0 saturated carbocycles. The van der Waals surface area contributed by atoms with Crippen LogP contribution in [0.5, 0.6) is 0 Å². The maximum Gasteiger partial charge on any atom is 0.255 e. The van der Waals surface area contributed by atoms with Gasteiger partial charge in [-0.05, 0) is 55.0 Å². The first-order chi connectivity index (χ1) is 11.8. The van der Waals surface area contributed by atoms with Gasteiger partial charge in [-0.1, -0.05) is 17.7 Å². The lowest BCUT2D eigenvalue weighted by molar-refractivity contribution is -0.297. The molecule has 128 valence electrons. The minimum Gasteiger partial charge on any atom is -0.545 e. The lowest BCUT2D eigenvalue weighted by atomic mass is 10.1. The second-order valence-electron chi connectivity index (χ2n) is 5.13. The van der Waals surface area contributed by atoms with Gasteiger partial charge in [0.05, 0.1) is 5.97 Å². The summed E-state index contributed by atoms with van der Waals surface area (Å²) in [5.41, 5.74) is 2.30. The zero-order chi connectivity index (χ0) is 18.4. The minimum atomic E-state index is -1.46. The summed E-state index contributed by atoms with van der Waals surface area (Å²) in [5.74, 6) is -2.39. The predicted octanol–water partition coefficient (Wildman–Crippen LogP) is 2.15. The molecule has 0 fully saturated rings. The number of rotatable bonds is 5. The molecule has 0 aliphatic heterocycles. The van der Waals surface area contributed by atoms with Gasteiger partial charge in [-0.2, -0.15) is 0 Å². The van der Waals surface area contributed by atoms with Crippen molar-refractivity contribution in [2.24, 2.45) is 0 Å². The molecule has 2 aromatic carbocycles. The molecule has 0 radical (unpaired) electrons. The predicted molar refractivity (Wildman–Crippen MR) is 93.4 cm³/mol. The van der Waals surface area contributed by atoms with Crippen LogP contribution < -0.4 is 15.7 Å². The second-order valence-corrected chi connectivity index (χ2v) is 5.57. The molecule has 2 aromatic rings. The number of anilines is 2. The maximum absolute atomic E-state index is 12.3. The van der Waals surface area contributed by atoms with E-state index < -0.39 is 11.9 Å². The number of carbonyl (C=O) groups is 3. The molecule has 0 bridgehead atoms. The Morgan fingerprint density at radius 2 is 1.68 bits per heavy atom. The third-order valence-electron chi connectivity index (χ3n) is 3.23. The molecule has 25 heavy (non-hydrogen) atoms. The molecule has 0 spiro atoms. The summed E-state index contributed by atoms with van der Waals surface area (Å²) < 4.78 is 0. The number of carboxylic acids is 1. The molecule has 2 rings (SSSR count). The number of halogens is 1. The SMILES string of the molecule is Cc1ccc(Cl)cc1NC(=O)c1ccc(NC(=O)/C=C\C(=O)[O-])cc1. The van der Waals surface area contributed by atoms with Crippen molar-refractivity contribution in [1.82, 2.24) is 0 Å². The van der Waals surface area contributed by atoms with E-state index in [1.807, 2.05) is 6.92 Å². The van der Waals surface area contributed by atoms with E-state index in [2.05, 4.69) is 10.6 Å². The monoisotopic (exact) mass is 357 g/mol. The van der Waals surface area contributed by atoms with Crippen molar-refractivity contribution in [2.75, 3.05) is 10.6 Å². The summed E-state index contributed by atoms with van der Waals surface area (Å²) in [6, 6.07) is 11.3. The van der Waals surface area contributed by atoms with Crippen LogP contribution >= 0.6 is 11.6 Å². The Morgan fingerprint density at radius 3 is 2.32 bits per heavy atom. The number of nitrogens with one attached hydrogen (secondary N) is 2. The summed E-state index contributed by atoms with van der Waals surface area (Å²) in [6.07, 6.45) is 1.47. The third-order valence-corrected chi connectivity index (χ3v) is 3.47. The van der Waals surface area contributed by atoms with Crippen molar-refractivity contribution in [3.05, 3.63) is 70.8 Å². The molecule has 0 atom stereocenters. The summed E-state index contributed by atoms with van der Waals surface area (Å²) in [5, 5.41) is 16.0. The normalized spacial score (nSPS) is 10.5. The summed E-state index contributed by atoms with van der Waals surface area (Å²) in [6.45, 7) is 1.85. The van der Waals surface area contributed by atoms with E-state index in [0.29, 0.717) is 28.0 Å². The van der Waals surface area contributed by atoms with E-state index in [9.17, 15) is 19.5 Å². The Hall–Kier alpha value is -3.12. The quantitative estimate of drug-likeness (QED) is 0.801. The Bertz CT molecular complexity index is 845. The standard InChI is InChI=1S/C18H15ClN2O4/c1-11-2-5-13(19)10-15(11)21-18(25)12-3-6-14(7-4-12)20-16(22)8-9-17(23)24/h2-10H,1H3,(H,20,22)(H,21,25)(H,23,24)/p-1/b9-8-. The Morgan fingerprint density at radius 1 is 1.00 bits per heavy atom. The molecule has 6 nitrogen and oxygen atoms in total. The molecule has 7 heteroatoms. The van der Waals surface area contributed by atoms with Crippen LogP contribution in [0, 0.1) is 6.92 Å². The van der Waals surface area contributed by atoms with Gasteiger partial charge in [0.15, 0.2) is 0 Å². The highest BCUT2D eigenvalue weighted by Gasteiger charge is 2.08. The molecule has 2 amide bonds. The van der Waals surface area contributed by atoms with Gasteiger partial charge in [-0.25, -0.2) is 0 Å². The first-order valence-corrected chi connectivity index (χ1v) is 7.60.